The van der Waals surface area contributed by atoms with Gasteiger partial charge in [0.15, 0.2) is 0 Å². The van der Waals surface area contributed by atoms with Crippen molar-refractivity contribution in [1.29, 1.82) is 0 Å². The van der Waals surface area contributed by atoms with Crippen molar-refractivity contribution in [3.8, 4) is 0 Å². The smallest absolute Gasteiger partial charge is 0.220 e. The van der Waals surface area contributed by atoms with Gasteiger partial charge >= 0.3 is 0 Å². The number of aliphatic hydroxyl groups excluding tert-OH is 1. The normalized spacial score (nSPS) is 21.6. The fourth-order valence-electron chi connectivity index (χ4n) is 4.11. The van der Waals surface area contributed by atoms with Crippen molar-refractivity contribution in [2.24, 2.45) is 5.92 Å². The number of hydrogen-bond donors (Lipinski definition) is 3. The third kappa shape index (κ3) is 5.33. The molecule has 4 heteroatoms. The number of rotatable bonds is 5. The van der Waals surface area contributed by atoms with Gasteiger partial charge in [0, 0.05) is 17.5 Å². The van der Waals surface area contributed by atoms with E-state index in [9.17, 15) is 9.90 Å². The van der Waals surface area contributed by atoms with Crippen LogP contribution in [0.3, 0.4) is 0 Å². The van der Waals surface area contributed by atoms with E-state index in [0.29, 0.717) is 12.3 Å². The molecule has 2 rings (SSSR count). The number of hydrogen-bond acceptors (Lipinski definition) is 3. The maximum Gasteiger partial charge on any atom is 0.220 e. The quantitative estimate of drug-likeness (QED) is 0.782. The van der Waals surface area contributed by atoms with Crippen LogP contribution >= 0.6 is 0 Å². The molecule has 1 aromatic carbocycles. The molecule has 0 spiro atoms. The van der Waals surface area contributed by atoms with E-state index in [2.05, 4.69) is 38.3 Å². The molecular formula is C19H30N2O2. The lowest BCUT2D eigenvalue weighted by Crippen LogP contribution is -2.58. The molecule has 1 heterocycles. The van der Waals surface area contributed by atoms with Crippen molar-refractivity contribution in [3.05, 3.63) is 35.9 Å². The van der Waals surface area contributed by atoms with Crippen LogP contribution in [0.25, 0.3) is 0 Å². The van der Waals surface area contributed by atoms with Crippen LogP contribution < -0.4 is 10.6 Å². The van der Waals surface area contributed by atoms with Crippen LogP contribution in [0.2, 0.25) is 0 Å². The number of nitrogens with one attached hydrogen (secondary N) is 2. The first-order valence-electron chi connectivity index (χ1n) is 8.45. The van der Waals surface area contributed by atoms with Crippen LogP contribution in [0, 0.1) is 5.92 Å². The van der Waals surface area contributed by atoms with E-state index in [1.807, 2.05) is 30.3 Å². The number of carbonyl (C=O) groups excluding carboxylic acids is 1. The number of piperidine rings is 1. The molecule has 128 valence electrons. The topological polar surface area (TPSA) is 61.4 Å². The van der Waals surface area contributed by atoms with Crippen molar-refractivity contribution in [2.45, 2.75) is 64.1 Å². The molecule has 1 aliphatic rings. The maximum atomic E-state index is 12.4. The van der Waals surface area contributed by atoms with Gasteiger partial charge in [0.25, 0.3) is 0 Å². The molecule has 1 fully saturated rings. The Morgan fingerprint density at radius 3 is 2.30 bits per heavy atom. The molecule has 0 aromatic heterocycles. The molecule has 0 radical (unpaired) electrons. The Morgan fingerprint density at radius 1 is 1.22 bits per heavy atom. The van der Waals surface area contributed by atoms with E-state index in [-0.39, 0.29) is 29.6 Å². The van der Waals surface area contributed by atoms with E-state index in [1.54, 1.807) is 0 Å². The minimum Gasteiger partial charge on any atom is -0.394 e. The molecule has 1 atom stereocenters. The SMILES string of the molecule is CC1(C)CC(CC(=O)NC(CO)c2ccccc2)CC(C)(C)N1. The van der Waals surface area contributed by atoms with Crippen LogP contribution in [-0.2, 0) is 4.79 Å². The van der Waals surface area contributed by atoms with E-state index >= 15 is 0 Å². The standard InChI is InChI=1S/C19H30N2O2/c1-18(2)11-14(12-19(3,4)21-18)10-17(23)20-16(13-22)15-8-6-5-7-9-15/h5-9,14,16,21-22H,10-13H2,1-4H3,(H,20,23). The first-order chi connectivity index (χ1) is 10.7. The summed E-state index contributed by atoms with van der Waals surface area (Å²) in [5, 5.41) is 16.2. The molecule has 3 N–H and O–H groups in total. The molecule has 0 bridgehead atoms. The van der Waals surface area contributed by atoms with Crippen LogP contribution in [0.5, 0.6) is 0 Å². The van der Waals surface area contributed by atoms with Crippen molar-refractivity contribution >= 4 is 5.91 Å². The van der Waals surface area contributed by atoms with Crippen LogP contribution in [0.15, 0.2) is 30.3 Å². The second-order valence-corrected chi connectivity index (χ2v) is 8.08. The van der Waals surface area contributed by atoms with Crippen molar-refractivity contribution in [1.82, 2.24) is 10.6 Å². The number of carbonyl (C=O) groups is 1. The second-order valence-electron chi connectivity index (χ2n) is 8.08. The average molecular weight is 318 g/mol. The summed E-state index contributed by atoms with van der Waals surface area (Å²) in [5.41, 5.74) is 1.03. The van der Waals surface area contributed by atoms with Gasteiger partial charge in [-0.15, -0.1) is 0 Å². The monoisotopic (exact) mass is 318 g/mol. The Labute approximate surface area is 139 Å². The summed E-state index contributed by atoms with van der Waals surface area (Å²) in [7, 11) is 0. The maximum absolute atomic E-state index is 12.4. The first kappa shape index (κ1) is 18.0. The van der Waals surface area contributed by atoms with Crippen molar-refractivity contribution in [2.75, 3.05) is 6.61 Å². The van der Waals surface area contributed by atoms with Gasteiger partial charge in [-0.3, -0.25) is 4.79 Å². The van der Waals surface area contributed by atoms with Gasteiger partial charge in [-0.2, -0.15) is 0 Å². The third-order valence-corrected chi connectivity index (χ3v) is 4.47. The number of amides is 1. The van der Waals surface area contributed by atoms with Gasteiger partial charge in [-0.1, -0.05) is 30.3 Å². The summed E-state index contributed by atoms with van der Waals surface area (Å²) in [5.74, 6) is 0.378. The van der Waals surface area contributed by atoms with E-state index in [1.165, 1.54) is 0 Å². The van der Waals surface area contributed by atoms with Gasteiger partial charge in [0.1, 0.15) is 0 Å². The fourth-order valence-corrected chi connectivity index (χ4v) is 4.11. The summed E-state index contributed by atoms with van der Waals surface area (Å²) in [6.45, 7) is 8.69. The Bertz CT molecular complexity index is 509. The molecule has 1 amide bonds. The van der Waals surface area contributed by atoms with Crippen LogP contribution in [0.4, 0.5) is 0 Å². The third-order valence-electron chi connectivity index (χ3n) is 4.47. The fraction of sp³-hybridized carbons (Fsp3) is 0.632. The summed E-state index contributed by atoms with van der Waals surface area (Å²) in [6.07, 6.45) is 2.48. The highest BCUT2D eigenvalue weighted by Crippen LogP contribution is 2.34. The van der Waals surface area contributed by atoms with Gasteiger partial charge in [-0.25, -0.2) is 0 Å². The lowest BCUT2D eigenvalue weighted by molar-refractivity contribution is -0.123. The lowest BCUT2D eigenvalue weighted by Gasteiger charge is -2.46. The molecule has 4 nitrogen and oxygen atoms in total. The lowest BCUT2D eigenvalue weighted by atomic mass is 9.74. The molecule has 1 aromatic rings. The molecular weight excluding hydrogens is 288 g/mol. The van der Waals surface area contributed by atoms with Gasteiger partial charge in [0.05, 0.1) is 12.6 Å². The predicted molar refractivity (Wildman–Crippen MR) is 93.0 cm³/mol. The predicted octanol–water partition coefficient (Wildman–Crippen LogP) is 2.78. The van der Waals surface area contributed by atoms with Crippen LogP contribution in [-0.4, -0.2) is 28.7 Å². The second kappa shape index (κ2) is 7.02. The summed E-state index contributed by atoms with van der Waals surface area (Å²) < 4.78 is 0. The number of benzene rings is 1. The summed E-state index contributed by atoms with van der Waals surface area (Å²) in [4.78, 5) is 12.4. The molecule has 0 aliphatic carbocycles. The Balaban J connectivity index is 1.96. The van der Waals surface area contributed by atoms with Crippen molar-refractivity contribution in [3.63, 3.8) is 0 Å². The summed E-state index contributed by atoms with van der Waals surface area (Å²) >= 11 is 0. The van der Waals surface area contributed by atoms with E-state index in [0.717, 1.165) is 18.4 Å². The molecule has 23 heavy (non-hydrogen) atoms. The van der Waals surface area contributed by atoms with Gasteiger partial charge < -0.3 is 15.7 Å². The average Bonchev–Trinajstić information content (AvgIpc) is 2.42. The zero-order valence-corrected chi connectivity index (χ0v) is 14.7. The molecule has 0 saturated carbocycles. The van der Waals surface area contributed by atoms with E-state index in [4.69, 9.17) is 0 Å². The minimum atomic E-state index is -0.327. The molecule has 1 aliphatic heterocycles. The summed E-state index contributed by atoms with van der Waals surface area (Å²) in [6, 6.07) is 9.30. The molecule has 1 unspecified atom stereocenters. The highest BCUT2D eigenvalue weighted by Gasteiger charge is 2.38. The van der Waals surface area contributed by atoms with E-state index < -0.39 is 0 Å². The Hall–Kier alpha value is -1.39. The Morgan fingerprint density at radius 2 is 1.78 bits per heavy atom. The van der Waals surface area contributed by atoms with Gasteiger partial charge in [-0.05, 0) is 52.0 Å². The Kier molecular flexibility index (Phi) is 5.48. The van der Waals surface area contributed by atoms with Crippen molar-refractivity contribution < 1.29 is 9.90 Å². The zero-order valence-electron chi connectivity index (χ0n) is 14.7. The largest absolute Gasteiger partial charge is 0.394 e. The van der Waals surface area contributed by atoms with Gasteiger partial charge in [0.2, 0.25) is 5.91 Å². The highest BCUT2D eigenvalue weighted by atomic mass is 16.3. The number of aliphatic hydroxyl groups is 1. The highest BCUT2D eigenvalue weighted by molar-refractivity contribution is 5.76. The zero-order chi connectivity index (χ0) is 17.1. The first-order valence-corrected chi connectivity index (χ1v) is 8.45. The molecule has 1 saturated heterocycles. The minimum absolute atomic E-state index is 0.0198. The van der Waals surface area contributed by atoms with Crippen LogP contribution in [0.1, 0.15) is 58.6 Å².